The molecule has 0 saturated heterocycles. The monoisotopic (exact) mass is 232 g/mol. The Morgan fingerprint density at radius 1 is 1.41 bits per heavy atom. The van der Waals surface area contributed by atoms with E-state index in [0.29, 0.717) is 13.1 Å². The first kappa shape index (κ1) is 11.3. The Bertz CT molecular complexity index is 536. The molecule has 2 N–H and O–H groups in total. The summed E-state index contributed by atoms with van der Waals surface area (Å²) < 4.78 is 1.72. The fourth-order valence-electron chi connectivity index (χ4n) is 1.57. The molecule has 1 heterocycles. The highest BCUT2D eigenvalue weighted by atomic mass is 16.6. The summed E-state index contributed by atoms with van der Waals surface area (Å²) in [5.41, 5.74) is 7.13. The molecule has 0 aliphatic rings. The van der Waals surface area contributed by atoms with E-state index in [1.807, 2.05) is 12.3 Å². The van der Waals surface area contributed by atoms with E-state index in [4.69, 9.17) is 5.73 Å². The second-order valence-corrected chi connectivity index (χ2v) is 3.59. The third-order valence-corrected chi connectivity index (χ3v) is 2.38. The molecule has 0 spiro atoms. The van der Waals surface area contributed by atoms with Crippen LogP contribution < -0.4 is 5.73 Å². The molecule has 88 valence electrons. The normalized spacial score (nSPS) is 10.4. The molecule has 6 heteroatoms. The van der Waals surface area contributed by atoms with Gasteiger partial charge in [0.2, 0.25) is 0 Å². The van der Waals surface area contributed by atoms with Crippen molar-refractivity contribution in [2.24, 2.45) is 5.73 Å². The van der Waals surface area contributed by atoms with Crippen LogP contribution in [-0.4, -0.2) is 21.2 Å². The lowest BCUT2D eigenvalue weighted by Crippen LogP contribution is -2.09. The maximum absolute atomic E-state index is 10.7. The van der Waals surface area contributed by atoms with E-state index in [1.54, 1.807) is 16.9 Å². The van der Waals surface area contributed by atoms with Gasteiger partial charge in [-0.1, -0.05) is 12.1 Å². The van der Waals surface area contributed by atoms with E-state index in [-0.39, 0.29) is 5.69 Å². The van der Waals surface area contributed by atoms with Crippen LogP contribution in [0.1, 0.15) is 0 Å². The van der Waals surface area contributed by atoms with Gasteiger partial charge in [0.25, 0.3) is 5.69 Å². The van der Waals surface area contributed by atoms with Crippen LogP contribution in [0.2, 0.25) is 0 Å². The zero-order valence-electron chi connectivity index (χ0n) is 9.11. The van der Waals surface area contributed by atoms with Crippen LogP contribution in [0.4, 0.5) is 5.69 Å². The maximum atomic E-state index is 10.7. The van der Waals surface area contributed by atoms with Crippen LogP contribution in [0.15, 0.2) is 36.7 Å². The van der Waals surface area contributed by atoms with Crippen LogP contribution in [0.25, 0.3) is 11.1 Å². The van der Waals surface area contributed by atoms with E-state index < -0.39 is 4.92 Å². The topological polar surface area (TPSA) is 87.0 Å². The summed E-state index contributed by atoms with van der Waals surface area (Å²) in [6.45, 7) is 1.14. The lowest BCUT2D eigenvalue weighted by molar-refractivity contribution is -0.384. The van der Waals surface area contributed by atoms with Crippen molar-refractivity contribution in [3.63, 3.8) is 0 Å². The molecule has 0 fully saturated rings. The molecule has 0 radical (unpaired) electrons. The first-order valence-corrected chi connectivity index (χ1v) is 5.18. The molecule has 2 aromatic rings. The van der Waals surface area contributed by atoms with Crippen molar-refractivity contribution < 1.29 is 4.92 Å². The second kappa shape index (κ2) is 4.75. The molecule has 1 aromatic carbocycles. The van der Waals surface area contributed by atoms with Crippen molar-refractivity contribution in [3.05, 3.63) is 46.8 Å². The number of nitrogens with two attached hydrogens (primary N) is 1. The molecular formula is C11H12N4O2. The minimum atomic E-state index is -0.409. The van der Waals surface area contributed by atoms with Crippen molar-refractivity contribution in [2.75, 3.05) is 6.54 Å². The van der Waals surface area contributed by atoms with Gasteiger partial charge < -0.3 is 5.73 Å². The highest BCUT2D eigenvalue weighted by Gasteiger charge is 2.08. The van der Waals surface area contributed by atoms with E-state index in [0.717, 1.165) is 11.1 Å². The van der Waals surface area contributed by atoms with Crippen LogP contribution in [0.5, 0.6) is 0 Å². The Balaban J connectivity index is 2.32. The average Bonchev–Trinajstić information content (AvgIpc) is 2.78. The first-order chi connectivity index (χ1) is 8.20. The highest BCUT2D eigenvalue weighted by molar-refractivity contribution is 5.64. The van der Waals surface area contributed by atoms with Gasteiger partial charge in [0, 0.05) is 30.4 Å². The minimum absolute atomic E-state index is 0.0778. The number of benzene rings is 1. The van der Waals surface area contributed by atoms with Crippen molar-refractivity contribution in [1.82, 2.24) is 9.78 Å². The first-order valence-electron chi connectivity index (χ1n) is 5.18. The SMILES string of the molecule is NCCn1cc(-c2cccc([N+](=O)[O-])c2)cn1. The van der Waals surface area contributed by atoms with Gasteiger partial charge >= 0.3 is 0 Å². The van der Waals surface area contributed by atoms with Crippen molar-refractivity contribution in [3.8, 4) is 11.1 Å². The molecule has 1 aromatic heterocycles. The quantitative estimate of drug-likeness (QED) is 0.637. The molecule has 0 unspecified atom stereocenters. The van der Waals surface area contributed by atoms with Crippen LogP contribution in [0.3, 0.4) is 0 Å². The Labute approximate surface area is 97.8 Å². The van der Waals surface area contributed by atoms with Gasteiger partial charge in [-0.3, -0.25) is 14.8 Å². The van der Waals surface area contributed by atoms with E-state index in [9.17, 15) is 10.1 Å². The number of non-ortho nitro benzene ring substituents is 1. The predicted molar refractivity (Wildman–Crippen MR) is 63.4 cm³/mol. The van der Waals surface area contributed by atoms with Gasteiger partial charge in [0.1, 0.15) is 0 Å². The molecule has 17 heavy (non-hydrogen) atoms. The Morgan fingerprint density at radius 3 is 2.94 bits per heavy atom. The van der Waals surface area contributed by atoms with Gasteiger partial charge in [0.05, 0.1) is 17.7 Å². The number of hydrogen-bond acceptors (Lipinski definition) is 4. The van der Waals surface area contributed by atoms with Gasteiger partial charge in [0.15, 0.2) is 0 Å². The maximum Gasteiger partial charge on any atom is 0.270 e. The number of nitro benzene ring substituents is 1. The molecular weight excluding hydrogens is 220 g/mol. The van der Waals surface area contributed by atoms with Crippen LogP contribution in [0, 0.1) is 10.1 Å². The zero-order valence-corrected chi connectivity index (χ0v) is 9.11. The van der Waals surface area contributed by atoms with Crippen LogP contribution >= 0.6 is 0 Å². The number of hydrogen-bond donors (Lipinski definition) is 1. The standard InChI is InChI=1S/C11H12N4O2/c12-4-5-14-8-10(7-13-14)9-2-1-3-11(6-9)15(16)17/h1-3,6-8H,4-5,12H2. The van der Waals surface area contributed by atoms with E-state index in [2.05, 4.69) is 5.10 Å². The summed E-state index contributed by atoms with van der Waals surface area (Å²) in [6.07, 6.45) is 3.50. The molecule has 0 bridgehead atoms. The molecule has 0 aliphatic carbocycles. The zero-order chi connectivity index (χ0) is 12.3. The van der Waals surface area contributed by atoms with Gasteiger partial charge in [-0.15, -0.1) is 0 Å². The Hall–Kier alpha value is -2.21. The van der Waals surface area contributed by atoms with Crippen molar-refractivity contribution in [1.29, 1.82) is 0 Å². The lowest BCUT2D eigenvalue weighted by Gasteiger charge is -1.97. The summed E-state index contributed by atoms with van der Waals surface area (Å²) in [5.74, 6) is 0. The summed E-state index contributed by atoms with van der Waals surface area (Å²) in [6, 6.07) is 6.47. The number of nitro groups is 1. The summed E-state index contributed by atoms with van der Waals surface area (Å²) in [5, 5.41) is 14.8. The number of nitrogens with zero attached hydrogens (tertiary/aromatic N) is 3. The lowest BCUT2D eigenvalue weighted by atomic mass is 10.1. The number of rotatable bonds is 4. The molecule has 0 saturated carbocycles. The van der Waals surface area contributed by atoms with Gasteiger partial charge in [-0.2, -0.15) is 5.10 Å². The fraction of sp³-hybridized carbons (Fsp3) is 0.182. The summed E-state index contributed by atoms with van der Waals surface area (Å²) in [4.78, 5) is 10.3. The second-order valence-electron chi connectivity index (χ2n) is 3.59. The third-order valence-electron chi connectivity index (χ3n) is 2.38. The van der Waals surface area contributed by atoms with Crippen molar-refractivity contribution >= 4 is 5.69 Å². The molecule has 2 rings (SSSR count). The molecule has 6 nitrogen and oxygen atoms in total. The largest absolute Gasteiger partial charge is 0.329 e. The minimum Gasteiger partial charge on any atom is -0.329 e. The Morgan fingerprint density at radius 2 is 2.24 bits per heavy atom. The van der Waals surface area contributed by atoms with E-state index >= 15 is 0 Å². The van der Waals surface area contributed by atoms with Crippen LogP contribution in [-0.2, 0) is 6.54 Å². The fourth-order valence-corrected chi connectivity index (χ4v) is 1.57. The summed E-state index contributed by atoms with van der Waals surface area (Å²) in [7, 11) is 0. The third kappa shape index (κ3) is 2.48. The smallest absolute Gasteiger partial charge is 0.270 e. The summed E-state index contributed by atoms with van der Waals surface area (Å²) >= 11 is 0. The average molecular weight is 232 g/mol. The number of aromatic nitrogens is 2. The molecule has 0 amide bonds. The van der Waals surface area contributed by atoms with Gasteiger partial charge in [-0.25, -0.2) is 0 Å². The van der Waals surface area contributed by atoms with Crippen molar-refractivity contribution in [2.45, 2.75) is 6.54 Å². The van der Waals surface area contributed by atoms with Gasteiger partial charge in [-0.05, 0) is 5.56 Å². The predicted octanol–water partition coefficient (Wildman–Crippen LogP) is 1.42. The Kier molecular flexibility index (Phi) is 3.15. The molecule has 0 atom stereocenters. The highest BCUT2D eigenvalue weighted by Crippen LogP contribution is 2.23. The van der Waals surface area contributed by atoms with E-state index in [1.165, 1.54) is 12.1 Å². The molecule has 0 aliphatic heterocycles.